The van der Waals surface area contributed by atoms with Crippen molar-refractivity contribution in [2.24, 2.45) is 11.8 Å². The third kappa shape index (κ3) is 3.16. The molecule has 1 N–H and O–H groups in total. The molecule has 5 rings (SSSR count). The molecule has 2 aliphatic carbocycles. The number of Topliss-reactive ketones (excluding diaryl/α,β-unsaturated/α-hetero) is 1. The van der Waals surface area contributed by atoms with E-state index in [0.717, 1.165) is 52.8 Å². The molecule has 0 unspecified atom stereocenters. The van der Waals surface area contributed by atoms with Gasteiger partial charge in [-0.15, -0.1) is 0 Å². The highest BCUT2D eigenvalue weighted by atomic mass is 32.1. The number of hydrogen-bond donors (Lipinski definition) is 1. The molecule has 2 aliphatic rings. The lowest BCUT2D eigenvalue weighted by Gasteiger charge is -2.23. The first-order valence-electron chi connectivity index (χ1n) is 10.3. The predicted molar refractivity (Wildman–Crippen MR) is 117 cm³/mol. The number of ketones is 1. The Labute approximate surface area is 179 Å². The molecule has 0 amide bonds. The Morgan fingerprint density at radius 3 is 2.73 bits per heavy atom. The maximum absolute atomic E-state index is 13.0. The van der Waals surface area contributed by atoms with Crippen LogP contribution in [0.4, 0.5) is 0 Å². The lowest BCUT2D eigenvalue weighted by Crippen LogP contribution is -2.21. The number of hydrogen-bond acceptors (Lipinski definition) is 6. The van der Waals surface area contributed by atoms with Crippen LogP contribution in [-0.2, 0) is 11.2 Å². The Bertz CT molecular complexity index is 1180. The summed E-state index contributed by atoms with van der Waals surface area (Å²) in [5.41, 5.74) is 3.16. The summed E-state index contributed by atoms with van der Waals surface area (Å²) in [5.74, 6) is 1.86. The van der Waals surface area contributed by atoms with Crippen LogP contribution in [0.5, 0.6) is 16.7 Å². The fraction of sp³-hybridized carbons (Fsp3) is 0.333. The second-order valence-corrected chi connectivity index (χ2v) is 8.91. The average molecular weight is 422 g/mol. The van der Waals surface area contributed by atoms with Gasteiger partial charge >= 0.3 is 0 Å². The van der Waals surface area contributed by atoms with Gasteiger partial charge in [-0.2, -0.15) is 0 Å². The standard InChI is InChI=1S/C24H23NO4S/c1-3-13-6-7-17(29-24-25-19-9-8-16(28-2)12-20(19)30-24)11-18(13)21-22(26)14-4-5-15(10-14)23(21)27/h6-9,11-12,14-15,26H,3-5,10H2,1-2H3/t14-,15+/m0/s1. The number of aromatic nitrogens is 1. The van der Waals surface area contributed by atoms with Gasteiger partial charge in [-0.05, 0) is 67.1 Å². The van der Waals surface area contributed by atoms with E-state index in [-0.39, 0.29) is 23.4 Å². The summed E-state index contributed by atoms with van der Waals surface area (Å²) in [6.45, 7) is 2.06. The van der Waals surface area contributed by atoms with Crippen LogP contribution in [0.3, 0.4) is 0 Å². The molecule has 5 nitrogen and oxygen atoms in total. The van der Waals surface area contributed by atoms with Crippen LogP contribution in [0, 0.1) is 11.8 Å². The summed E-state index contributed by atoms with van der Waals surface area (Å²) in [7, 11) is 1.64. The van der Waals surface area contributed by atoms with Crippen LogP contribution in [0.15, 0.2) is 42.2 Å². The van der Waals surface area contributed by atoms with Crippen LogP contribution < -0.4 is 9.47 Å². The van der Waals surface area contributed by atoms with Gasteiger partial charge < -0.3 is 14.6 Å². The highest BCUT2D eigenvalue weighted by molar-refractivity contribution is 7.20. The second-order valence-electron chi connectivity index (χ2n) is 7.92. The Morgan fingerprint density at radius 2 is 1.93 bits per heavy atom. The Kier molecular flexibility index (Phi) is 4.74. The molecule has 154 valence electrons. The molecule has 0 saturated heterocycles. The zero-order valence-corrected chi connectivity index (χ0v) is 17.8. The number of rotatable bonds is 5. The molecule has 0 radical (unpaired) electrons. The van der Waals surface area contributed by atoms with E-state index >= 15 is 0 Å². The topological polar surface area (TPSA) is 68.7 Å². The monoisotopic (exact) mass is 421 g/mol. The van der Waals surface area contributed by atoms with E-state index in [0.29, 0.717) is 16.5 Å². The summed E-state index contributed by atoms with van der Waals surface area (Å²) in [5, 5.41) is 11.3. The second kappa shape index (κ2) is 7.43. The van der Waals surface area contributed by atoms with Crippen LogP contribution >= 0.6 is 11.3 Å². The molecule has 2 aromatic carbocycles. The minimum atomic E-state index is 0.0365. The van der Waals surface area contributed by atoms with Crippen molar-refractivity contribution in [1.82, 2.24) is 4.98 Å². The van der Waals surface area contributed by atoms with Gasteiger partial charge in [0.2, 0.25) is 0 Å². The van der Waals surface area contributed by atoms with E-state index in [1.54, 1.807) is 7.11 Å². The van der Waals surface area contributed by atoms with Gasteiger partial charge in [0.25, 0.3) is 5.19 Å². The lowest BCUT2D eigenvalue weighted by molar-refractivity contribution is -0.117. The minimum absolute atomic E-state index is 0.0365. The highest BCUT2D eigenvalue weighted by Gasteiger charge is 2.41. The Hall–Kier alpha value is -2.86. The first-order chi connectivity index (χ1) is 14.6. The van der Waals surface area contributed by atoms with Crippen molar-refractivity contribution in [3.8, 4) is 16.7 Å². The predicted octanol–water partition coefficient (Wildman–Crippen LogP) is 5.93. The van der Waals surface area contributed by atoms with Crippen LogP contribution in [0.2, 0.25) is 0 Å². The summed E-state index contributed by atoms with van der Waals surface area (Å²) in [6, 6.07) is 11.5. The smallest absolute Gasteiger partial charge is 0.279 e. The number of fused-ring (bicyclic) bond motifs is 3. The van der Waals surface area contributed by atoms with Crippen LogP contribution in [0.25, 0.3) is 15.8 Å². The molecular weight excluding hydrogens is 398 g/mol. The van der Waals surface area contributed by atoms with Crippen molar-refractivity contribution in [3.63, 3.8) is 0 Å². The highest BCUT2D eigenvalue weighted by Crippen LogP contribution is 2.46. The first kappa shape index (κ1) is 19.1. The number of carbonyl (C=O) groups is 1. The largest absolute Gasteiger partial charge is 0.511 e. The third-order valence-electron chi connectivity index (χ3n) is 6.21. The molecule has 0 aliphatic heterocycles. The van der Waals surface area contributed by atoms with E-state index in [1.165, 1.54) is 11.3 Å². The Balaban J connectivity index is 1.52. The molecule has 3 aromatic rings. The fourth-order valence-corrected chi connectivity index (χ4v) is 5.45. The number of aliphatic hydroxyl groups is 1. The zero-order valence-electron chi connectivity index (χ0n) is 17.0. The van der Waals surface area contributed by atoms with Crippen molar-refractivity contribution in [2.75, 3.05) is 7.11 Å². The van der Waals surface area contributed by atoms with E-state index in [4.69, 9.17) is 9.47 Å². The summed E-state index contributed by atoms with van der Waals surface area (Å²) < 4.78 is 12.3. The summed E-state index contributed by atoms with van der Waals surface area (Å²) >= 11 is 1.44. The average Bonchev–Trinajstić information content (AvgIpc) is 3.37. The molecule has 30 heavy (non-hydrogen) atoms. The van der Waals surface area contributed by atoms with Gasteiger partial charge in [0, 0.05) is 11.8 Å². The van der Waals surface area contributed by atoms with E-state index in [9.17, 15) is 9.90 Å². The van der Waals surface area contributed by atoms with Crippen LogP contribution in [-0.4, -0.2) is 23.0 Å². The van der Waals surface area contributed by atoms with Gasteiger partial charge in [-0.25, -0.2) is 4.98 Å². The van der Waals surface area contributed by atoms with Gasteiger partial charge in [-0.3, -0.25) is 4.79 Å². The van der Waals surface area contributed by atoms with Gasteiger partial charge in [-0.1, -0.05) is 24.3 Å². The van der Waals surface area contributed by atoms with Crippen molar-refractivity contribution in [1.29, 1.82) is 0 Å². The van der Waals surface area contributed by atoms with E-state index < -0.39 is 0 Å². The number of nitrogens with zero attached hydrogens (tertiary/aromatic N) is 1. The maximum Gasteiger partial charge on any atom is 0.279 e. The number of benzene rings is 2. The number of carbonyl (C=O) groups excluding carboxylic acids is 1. The number of allylic oxidation sites excluding steroid dienone is 2. The molecular formula is C24H23NO4S. The quantitative estimate of drug-likeness (QED) is 0.553. The van der Waals surface area contributed by atoms with Crippen LogP contribution in [0.1, 0.15) is 37.3 Å². The van der Waals surface area contributed by atoms with Crippen molar-refractivity contribution in [2.45, 2.75) is 32.6 Å². The van der Waals surface area contributed by atoms with Crippen molar-refractivity contribution < 1.29 is 19.4 Å². The summed E-state index contributed by atoms with van der Waals surface area (Å²) in [4.78, 5) is 17.6. The third-order valence-corrected chi connectivity index (χ3v) is 7.10. The van der Waals surface area contributed by atoms with Crippen molar-refractivity contribution in [3.05, 3.63) is 53.3 Å². The molecule has 6 heteroatoms. The fourth-order valence-electron chi connectivity index (χ4n) is 4.59. The molecule has 0 spiro atoms. The number of aryl methyl sites for hydroxylation is 1. The van der Waals surface area contributed by atoms with Gasteiger partial charge in [0.15, 0.2) is 5.78 Å². The molecule has 2 bridgehead atoms. The minimum Gasteiger partial charge on any atom is -0.511 e. The Morgan fingerprint density at radius 1 is 1.13 bits per heavy atom. The molecule has 1 aromatic heterocycles. The normalized spacial score (nSPS) is 20.8. The molecule has 1 saturated carbocycles. The molecule has 2 atom stereocenters. The number of methoxy groups -OCH3 is 1. The SMILES string of the molecule is CCc1ccc(Oc2nc3ccc(OC)cc3s2)cc1C1=C(O)[C@H]2CC[C@H](C2)C1=O. The molecule has 1 heterocycles. The number of thiazole rings is 1. The van der Waals surface area contributed by atoms with E-state index in [1.807, 2.05) is 36.4 Å². The number of aliphatic hydroxyl groups excluding tert-OH is 1. The van der Waals surface area contributed by atoms with Gasteiger partial charge in [0.05, 0.1) is 22.9 Å². The van der Waals surface area contributed by atoms with Crippen molar-refractivity contribution >= 4 is 32.9 Å². The first-order valence-corrected chi connectivity index (χ1v) is 11.1. The summed E-state index contributed by atoms with van der Waals surface area (Å²) in [6.07, 6.45) is 3.30. The van der Waals surface area contributed by atoms with E-state index in [2.05, 4.69) is 11.9 Å². The zero-order chi connectivity index (χ0) is 20.8. The lowest BCUT2D eigenvalue weighted by atomic mass is 9.81. The van der Waals surface area contributed by atoms with Gasteiger partial charge in [0.1, 0.15) is 17.3 Å². The maximum atomic E-state index is 13.0. The number of ether oxygens (including phenoxy) is 2. The molecule has 1 fully saturated rings.